The third kappa shape index (κ3) is 6.15. The Kier molecular flexibility index (Phi) is 7.11. The lowest BCUT2D eigenvalue weighted by Gasteiger charge is -2.26. The maximum atomic E-state index is 14.6. The molecule has 0 saturated carbocycles. The summed E-state index contributed by atoms with van der Waals surface area (Å²) in [5.41, 5.74) is 2.28. The van der Waals surface area contributed by atoms with Crippen LogP contribution in [0.15, 0.2) is 48.5 Å². The molecule has 4 unspecified atom stereocenters. The Balaban J connectivity index is 1.22. The molecular weight excluding hydrogens is 475 g/mol. The van der Waals surface area contributed by atoms with Gasteiger partial charge in [-0.1, -0.05) is 13.3 Å². The third-order valence-electron chi connectivity index (χ3n) is 7.40. The van der Waals surface area contributed by atoms with Gasteiger partial charge in [-0.3, -0.25) is 0 Å². The van der Waals surface area contributed by atoms with E-state index >= 15 is 0 Å². The highest BCUT2D eigenvalue weighted by Gasteiger charge is 2.33. The Morgan fingerprint density at radius 1 is 0.667 bits per heavy atom. The van der Waals surface area contributed by atoms with E-state index in [2.05, 4.69) is 65.3 Å². The number of ether oxygens (including phenoxy) is 4. The second-order valence-electron chi connectivity index (χ2n) is 10.5. The van der Waals surface area contributed by atoms with Crippen molar-refractivity contribution in [3.63, 3.8) is 0 Å². The van der Waals surface area contributed by atoms with Crippen molar-refractivity contribution in [1.82, 2.24) is 0 Å². The van der Waals surface area contributed by atoms with Crippen LogP contribution in [0.25, 0.3) is 0 Å². The van der Waals surface area contributed by atoms with Crippen molar-refractivity contribution >= 4 is 29.1 Å². The molecule has 4 saturated heterocycles. The van der Waals surface area contributed by atoms with Crippen LogP contribution in [0.5, 0.6) is 0 Å². The maximum absolute atomic E-state index is 14.6. The fraction of sp³-hybridized carbons (Fsp3) is 0.571. The predicted octanol–water partition coefficient (Wildman–Crippen LogP) is 3.01. The summed E-state index contributed by atoms with van der Waals surface area (Å²) < 4.78 is 36.5. The van der Waals surface area contributed by atoms with E-state index in [-0.39, 0.29) is 0 Å². The molecule has 2 aromatic rings. The second-order valence-corrected chi connectivity index (χ2v) is 13.4. The molecule has 0 aliphatic carbocycles. The van der Waals surface area contributed by atoms with Gasteiger partial charge in [-0.05, 0) is 55.0 Å². The normalized spacial score (nSPS) is 27.2. The number of benzene rings is 2. The molecule has 4 fully saturated rings. The molecule has 8 heteroatoms. The van der Waals surface area contributed by atoms with Gasteiger partial charge in [0, 0.05) is 54.3 Å². The first-order chi connectivity index (χ1) is 17.6. The molecule has 0 amide bonds. The number of epoxide rings is 4. The van der Waals surface area contributed by atoms with Crippen LogP contribution in [0.3, 0.4) is 0 Å². The van der Waals surface area contributed by atoms with E-state index in [9.17, 15) is 4.57 Å². The highest BCUT2D eigenvalue weighted by Crippen LogP contribution is 2.45. The Morgan fingerprint density at radius 2 is 1.00 bits per heavy atom. The van der Waals surface area contributed by atoms with Gasteiger partial charge >= 0.3 is 0 Å². The van der Waals surface area contributed by atoms with E-state index in [0.29, 0.717) is 30.6 Å². The number of nitrogens with zero attached hydrogens (tertiary/aromatic N) is 2. The third-order valence-corrected chi connectivity index (χ3v) is 10.6. The summed E-state index contributed by atoms with van der Waals surface area (Å²) in [6, 6.07) is 16.8. The van der Waals surface area contributed by atoms with Crippen LogP contribution >= 0.6 is 7.14 Å². The minimum Gasteiger partial charge on any atom is -0.371 e. The summed E-state index contributed by atoms with van der Waals surface area (Å²) in [5.74, 6) is 0. The van der Waals surface area contributed by atoms with Gasteiger partial charge in [0.2, 0.25) is 0 Å². The van der Waals surface area contributed by atoms with Crippen molar-refractivity contribution in [2.24, 2.45) is 0 Å². The number of rotatable bonds is 15. The Hall–Kier alpha value is -1.89. The van der Waals surface area contributed by atoms with Gasteiger partial charge in [-0.25, -0.2) is 0 Å². The number of anilines is 2. The van der Waals surface area contributed by atoms with Crippen LogP contribution in [-0.2, 0) is 23.5 Å². The van der Waals surface area contributed by atoms with Crippen molar-refractivity contribution < 1.29 is 23.5 Å². The molecule has 6 rings (SSSR count). The van der Waals surface area contributed by atoms with Crippen molar-refractivity contribution in [1.29, 1.82) is 0 Å². The maximum Gasteiger partial charge on any atom is 0.143 e. The van der Waals surface area contributed by atoms with Crippen molar-refractivity contribution in [2.45, 2.75) is 44.2 Å². The van der Waals surface area contributed by atoms with Crippen LogP contribution in [-0.4, -0.2) is 83.2 Å². The summed E-state index contributed by atoms with van der Waals surface area (Å²) in [5, 5.41) is 1.87. The van der Waals surface area contributed by atoms with Gasteiger partial charge in [-0.15, -0.1) is 0 Å². The van der Waals surface area contributed by atoms with Crippen molar-refractivity contribution in [2.75, 3.05) is 68.6 Å². The van der Waals surface area contributed by atoms with Crippen molar-refractivity contribution in [3.05, 3.63) is 48.5 Å². The van der Waals surface area contributed by atoms with E-state index in [0.717, 1.165) is 87.4 Å². The summed E-state index contributed by atoms with van der Waals surface area (Å²) >= 11 is 0. The SMILES string of the molecule is CCCCP(=O)(c1ccc(N(CC2CO2)CC2CO2)cc1)c1ccc(N(CC2CO2)CC2CO2)cc1. The molecule has 194 valence electrons. The Bertz CT molecular complexity index is 955. The molecule has 36 heavy (non-hydrogen) atoms. The topological polar surface area (TPSA) is 73.7 Å². The van der Waals surface area contributed by atoms with Crippen LogP contribution in [0.2, 0.25) is 0 Å². The first kappa shape index (κ1) is 24.4. The molecule has 0 spiro atoms. The summed E-state index contributed by atoms with van der Waals surface area (Å²) in [6.07, 6.45) is 3.91. The largest absolute Gasteiger partial charge is 0.371 e. The molecule has 0 aromatic heterocycles. The van der Waals surface area contributed by atoms with Gasteiger partial charge in [0.25, 0.3) is 0 Å². The fourth-order valence-corrected chi connectivity index (χ4v) is 7.68. The highest BCUT2D eigenvalue weighted by atomic mass is 31.2. The summed E-state index contributed by atoms with van der Waals surface area (Å²) in [6.45, 7) is 9.01. The minimum atomic E-state index is -2.74. The Labute approximate surface area is 214 Å². The Morgan fingerprint density at radius 3 is 1.28 bits per heavy atom. The molecule has 4 heterocycles. The average molecular weight is 513 g/mol. The van der Waals surface area contributed by atoms with Gasteiger partial charge in [0.15, 0.2) is 0 Å². The first-order valence-corrected chi connectivity index (χ1v) is 15.3. The van der Waals surface area contributed by atoms with E-state index < -0.39 is 7.14 Å². The van der Waals surface area contributed by atoms with Gasteiger partial charge in [0.05, 0.1) is 50.8 Å². The molecule has 4 atom stereocenters. The zero-order chi connectivity index (χ0) is 24.5. The van der Waals surface area contributed by atoms with E-state index in [4.69, 9.17) is 18.9 Å². The lowest BCUT2D eigenvalue weighted by Crippen LogP contribution is -2.32. The molecule has 7 nitrogen and oxygen atoms in total. The van der Waals surface area contributed by atoms with Crippen LogP contribution in [0.1, 0.15) is 19.8 Å². The lowest BCUT2D eigenvalue weighted by molar-refractivity contribution is 0.388. The predicted molar refractivity (Wildman–Crippen MR) is 143 cm³/mol. The van der Waals surface area contributed by atoms with Crippen molar-refractivity contribution in [3.8, 4) is 0 Å². The molecule has 2 aromatic carbocycles. The standard InChI is InChI=1S/C28H37N2O5P/c1-2-3-12-36(31,27-8-4-21(5-9-27)29(13-23-17-32-23)14-24-18-33-24)28-10-6-22(7-11-28)30(15-25-19-34-25)16-26-20-35-26/h4-11,23-26H,2-3,12-20H2,1H3. The first-order valence-electron chi connectivity index (χ1n) is 13.4. The van der Waals surface area contributed by atoms with Gasteiger partial charge in [0.1, 0.15) is 7.14 Å². The summed E-state index contributed by atoms with van der Waals surface area (Å²) in [4.78, 5) is 4.68. The van der Waals surface area contributed by atoms with E-state index in [1.54, 1.807) is 0 Å². The van der Waals surface area contributed by atoms with Crippen LogP contribution in [0.4, 0.5) is 11.4 Å². The number of hydrogen-bond donors (Lipinski definition) is 0. The zero-order valence-electron chi connectivity index (χ0n) is 21.1. The molecule has 4 aliphatic heterocycles. The fourth-order valence-electron chi connectivity index (χ4n) is 4.84. The van der Waals surface area contributed by atoms with Gasteiger partial charge in [-0.2, -0.15) is 0 Å². The lowest BCUT2D eigenvalue weighted by atomic mass is 10.2. The average Bonchev–Trinajstić information content (AvgIpc) is 3.69. The van der Waals surface area contributed by atoms with E-state index in [1.807, 2.05) is 0 Å². The smallest absolute Gasteiger partial charge is 0.143 e. The van der Waals surface area contributed by atoms with Crippen LogP contribution < -0.4 is 20.4 Å². The van der Waals surface area contributed by atoms with Crippen LogP contribution in [0, 0.1) is 0 Å². The quantitative estimate of drug-likeness (QED) is 0.268. The molecular formula is C28H37N2O5P. The number of unbranched alkanes of at least 4 members (excludes halogenated alkanes) is 1. The molecule has 0 radical (unpaired) electrons. The number of hydrogen-bond acceptors (Lipinski definition) is 7. The van der Waals surface area contributed by atoms with E-state index in [1.165, 1.54) is 0 Å². The molecule has 0 bridgehead atoms. The molecule has 4 aliphatic rings. The minimum absolute atomic E-state index is 0.315. The second kappa shape index (κ2) is 10.5. The monoisotopic (exact) mass is 512 g/mol. The van der Waals surface area contributed by atoms with Gasteiger partial charge < -0.3 is 33.3 Å². The zero-order valence-corrected chi connectivity index (χ0v) is 22.0. The summed E-state index contributed by atoms with van der Waals surface area (Å²) in [7, 11) is -2.74. The highest BCUT2D eigenvalue weighted by molar-refractivity contribution is 7.78. The molecule has 0 N–H and O–H groups in total.